The molecule has 1 aromatic carbocycles. The lowest BCUT2D eigenvalue weighted by atomic mass is 10.0. The van der Waals surface area contributed by atoms with Crippen LogP contribution in [0.1, 0.15) is 19.4 Å². The largest absolute Gasteiger partial charge is 0.508 e. The van der Waals surface area contributed by atoms with E-state index in [2.05, 4.69) is 21.2 Å². The summed E-state index contributed by atoms with van der Waals surface area (Å²) in [5.74, 6) is 0.0390. The average molecular weight is 301 g/mol. The predicted molar refractivity (Wildman–Crippen MR) is 70.5 cm³/mol. The first kappa shape index (κ1) is 14.0. The zero-order valence-electron chi connectivity index (χ0n) is 9.90. The molecule has 0 fully saturated rings. The lowest BCUT2D eigenvalue weighted by Crippen LogP contribution is -2.43. The maximum Gasteiger partial charge on any atom is 0.237 e. The number of aromatic hydroxyl groups is 1. The highest BCUT2D eigenvalue weighted by Crippen LogP contribution is 2.21. The van der Waals surface area contributed by atoms with Gasteiger partial charge >= 0.3 is 0 Å². The Hall–Kier alpha value is -1.07. The number of hydrogen-bond acceptors (Lipinski definition) is 3. The van der Waals surface area contributed by atoms with E-state index in [1.807, 2.05) is 13.8 Å². The van der Waals surface area contributed by atoms with Crippen molar-refractivity contribution in [1.29, 1.82) is 0 Å². The van der Waals surface area contributed by atoms with Crippen LogP contribution in [-0.4, -0.2) is 17.1 Å². The average Bonchev–Trinajstić information content (AvgIpc) is 2.28. The van der Waals surface area contributed by atoms with E-state index in [1.54, 1.807) is 18.2 Å². The molecule has 0 aliphatic rings. The number of carbonyl (C=O) groups is 1. The van der Waals surface area contributed by atoms with Crippen LogP contribution >= 0.6 is 15.9 Å². The monoisotopic (exact) mass is 300 g/mol. The summed E-state index contributed by atoms with van der Waals surface area (Å²) in [4.78, 5) is 11.6. The highest BCUT2D eigenvalue weighted by molar-refractivity contribution is 9.10. The van der Waals surface area contributed by atoms with E-state index < -0.39 is 6.04 Å². The molecule has 94 valence electrons. The summed E-state index contributed by atoms with van der Waals surface area (Å²) >= 11 is 3.31. The van der Waals surface area contributed by atoms with Crippen LogP contribution in [0.15, 0.2) is 22.7 Å². The van der Waals surface area contributed by atoms with Crippen LogP contribution in [0.2, 0.25) is 0 Å². The molecule has 0 radical (unpaired) electrons. The summed E-state index contributed by atoms with van der Waals surface area (Å²) in [6.07, 6.45) is 0. The van der Waals surface area contributed by atoms with Gasteiger partial charge in [-0.1, -0.05) is 29.8 Å². The molecule has 0 heterocycles. The van der Waals surface area contributed by atoms with Crippen LogP contribution in [0.3, 0.4) is 0 Å². The Labute approximate surface area is 109 Å². The number of halogens is 1. The minimum absolute atomic E-state index is 0.0890. The second-order valence-corrected chi connectivity index (χ2v) is 5.18. The van der Waals surface area contributed by atoms with E-state index >= 15 is 0 Å². The molecule has 0 aromatic heterocycles. The maximum absolute atomic E-state index is 11.6. The minimum atomic E-state index is -0.524. The fraction of sp³-hybridized carbons (Fsp3) is 0.417. The molecule has 1 rings (SSSR count). The molecule has 0 bridgehead atoms. The first-order valence-corrected chi connectivity index (χ1v) is 6.21. The molecule has 0 unspecified atom stereocenters. The van der Waals surface area contributed by atoms with Gasteiger partial charge in [-0.2, -0.15) is 0 Å². The van der Waals surface area contributed by atoms with Crippen molar-refractivity contribution < 1.29 is 9.90 Å². The SMILES string of the molecule is CC(C)[C@H](N)C(=O)NCc1cc(Br)ccc1O. The van der Waals surface area contributed by atoms with Gasteiger partial charge in [-0.15, -0.1) is 0 Å². The van der Waals surface area contributed by atoms with Gasteiger partial charge in [-0.05, 0) is 24.1 Å². The highest BCUT2D eigenvalue weighted by atomic mass is 79.9. The van der Waals surface area contributed by atoms with Crippen LogP contribution in [0, 0.1) is 5.92 Å². The Morgan fingerprint density at radius 1 is 1.53 bits per heavy atom. The van der Waals surface area contributed by atoms with Crippen molar-refractivity contribution in [2.75, 3.05) is 0 Å². The molecule has 0 spiro atoms. The van der Waals surface area contributed by atoms with E-state index in [4.69, 9.17) is 5.73 Å². The molecule has 1 aromatic rings. The number of hydrogen-bond donors (Lipinski definition) is 3. The molecule has 1 atom stereocenters. The Bertz CT molecular complexity index is 407. The highest BCUT2D eigenvalue weighted by Gasteiger charge is 2.16. The standard InChI is InChI=1S/C12H17BrN2O2/c1-7(2)11(14)12(17)15-6-8-5-9(13)3-4-10(8)16/h3-5,7,11,16H,6,14H2,1-2H3,(H,15,17)/t11-/m0/s1. The van der Waals surface area contributed by atoms with Crippen LogP contribution in [0.25, 0.3) is 0 Å². The summed E-state index contributed by atoms with van der Waals surface area (Å²) in [7, 11) is 0. The van der Waals surface area contributed by atoms with Crippen LogP contribution < -0.4 is 11.1 Å². The number of amides is 1. The topological polar surface area (TPSA) is 75.4 Å². The van der Waals surface area contributed by atoms with Crippen molar-refractivity contribution in [3.05, 3.63) is 28.2 Å². The van der Waals surface area contributed by atoms with Gasteiger partial charge in [0.05, 0.1) is 6.04 Å². The Balaban J connectivity index is 2.61. The normalized spacial score (nSPS) is 12.5. The van der Waals surface area contributed by atoms with Crippen LogP contribution in [0.4, 0.5) is 0 Å². The van der Waals surface area contributed by atoms with Crippen molar-refractivity contribution in [2.45, 2.75) is 26.4 Å². The summed E-state index contributed by atoms with van der Waals surface area (Å²) < 4.78 is 0.854. The maximum atomic E-state index is 11.6. The number of carbonyl (C=O) groups excluding carboxylic acids is 1. The van der Waals surface area contributed by atoms with Gasteiger partial charge in [0.2, 0.25) is 5.91 Å². The van der Waals surface area contributed by atoms with Gasteiger partial charge in [0.15, 0.2) is 0 Å². The molecule has 5 heteroatoms. The molecule has 0 saturated carbocycles. The van der Waals surface area contributed by atoms with Gasteiger partial charge in [0.1, 0.15) is 5.75 Å². The third kappa shape index (κ3) is 4.02. The van der Waals surface area contributed by atoms with Crippen molar-refractivity contribution in [3.63, 3.8) is 0 Å². The molecule has 0 saturated heterocycles. The molecular weight excluding hydrogens is 284 g/mol. The van der Waals surface area contributed by atoms with E-state index in [1.165, 1.54) is 0 Å². The van der Waals surface area contributed by atoms with Crippen molar-refractivity contribution >= 4 is 21.8 Å². The van der Waals surface area contributed by atoms with Gasteiger partial charge in [-0.25, -0.2) is 0 Å². The molecule has 1 amide bonds. The van der Waals surface area contributed by atoms with Crippen molar-refractivity contribution in [2.24, 2.45) is 11.7 Å². The van der Waals surface area contributed by atoms with Gasteiger partial charge in [-0.3, -0.25) is 4.79 Å². The van der Waals surface area contributed by atoms with E-state index in [0.717, 1.165) is 4.47 Å². The molecule has 4 nitrogen and oxygen atoms in total. The quantitative estimate of drug-likeness (QED) is 0.793. The minimum Gasteiger partial charge on any atom is -0.508 e. The summed E-state index contributed by atoms with van der Waals surface area (Å²) in [6, 6.07) is 4.55. The Morgan fingerprint density at radius 2 is 2.18 bits per heavy atom. The molecule has 4 N–H and O–H groups in total. The van der Waals surface area contributed by atoms with Crippen LogP contribution in [0.5, 0.6) is 5.75 Å². The molecule has 0 aliphatic carbocycles. The number of nitrogens with one attached hydrogen (secondary N) is 1. The summed E-state index contributed by atoms with van der Waals surface area (Å²) in [5.41, 5.74) is 6.36. The number of rotatable bonds is 4. The smallest absolute Gasteiger partial charge is 0.237 e. The number of nitrogens with two attached hydrogens (primary N) is 1. The van der Waals surface area contributed by atoms with Crippen molar-refractivity contribution in [1.82, 2.24) is 5.32 Å². The predicted octanol–water partition coefficient (Wildman–Crippen LogP) is 1.75. The summed E-state index contributed by atoms with van der Waals surface area (Å²) in [6.45, 7) is 4.05. The fourth-order valence-corrected chi connectivity index (χ4v) is 1.71. The van der Waals surface area contributed by atoms with E-state index in [9.17, 15) is 9.90 Å². The van der Waals surface area contributed by atoms with Crippen molar-refractivity contribution in [3.8, 4) is 5.75 Å². The fourth-order valence-electron chi connectivity index (χ4n) is 1.30. The molecular formula is C12H17BrN2O2. The Morgan fingerprint density at radius 3 is 2.76 bits per heavy atom. The Kier molecular flexibility index (Phi) is 4.96. The first-order valence-electron chi connectivity index (χ1n) is 5.42. The third-order valence-electron chi connectivity index (χ3n) is 2.52. The van der Waals surface area contributed by atoms with E-state index in [-0.39, 0.29) is 24.1 Å². The lowest BCUT2D eigenvalue weighted by Gasteiger charge is -2.15. The second-order valence-electron chi connectivity index (χ2n) is 4.26. The van der Waals surface area contributed by atoms with Gasteiger partial charge in [0, 0.05) is 16.6 Å². The second kappa shape index (κ2) is 6.02. The van der Waals surface area contributed by atoms with Gasteiger partial charge < -0.3 is 16.2 Å². The van der Waals surface area contributed by atoms with E-state index in [0.29, 0.717) is 5.56 Å². The first-order chi connectivity index (χ1) is 7.91. The third-order valence-corrected chi connectivity index (χ3v) is 3.01. The number of phenols is 1. The number of phenolic OH excluding ortho intramolecular Hbond substituents is 1. The zero-order chi connectivity index (χ0) is 13.0. The van der Waals surface area contributed by atoms with Crippen LogP contribution in [-0.2, 0) is 11.3 Å². The van der Waals surface area contributed by atoms with Gasteiger partial charge in [0.25, 0.3) is 0 Å². The molecule has 17 heavy (non-hydrogen) atoms. The number of benzene rings is 1. The lowest BCUT2D eigenvalue weighted by molar-refractivity contribution is -0.123. The molecule has 0 aliphatic heterocycles. The zero-order valence-corrected chi connectivity index (χ0v) is 11.5. The summed E-state index contributed by atoms with van der Waals surface area (Å²) in [5, 5.41) is 12.3.